The Morgan fingerprint density at radius 3 is 2.46 bits per heavy atom. The molecule has 1 aromatic carbocycles. The van der Waals surface area contributed by atoms with E-state index in [-0.39, 0.29) is 12.2 Å². The standard InChI is InChI=1S/C27H29N5O3/c1-16-14-28-26(27(5,6)34)31-23(16)20-10-8-12-22(13-20)32-19(4)30-24(18(3)25(32)33)35-15-21-11-7-9-17(2)29-21/h7-14,34H,15H2,1-6H3. The SMILES string of the molecule is Cc1cccc(COc2nc(C)n(-c3cccc(-c4nc(C(C)(C)O)ncc4C)c3)c(=O)c2C)n1. The lowest BCUT2D eigenvalue weighted by atomic mass is 10.0. The first kappa shape index (κ1) is 24.2. The lowest BCUT2D eigenvalue weighted by Crippen LogP contribution is -2.25. The minimum atomic E-state index is -1.17. The van der Waals surface area contributed by atoms with E-state index in [0.29, 0.717) is 34.5 Å². The Bertz CT molecular complexity index is 1450. The van der Waals surface area contributed by atoms with Crippen molar-refractivity contribution in [3.8, 4) is 22.8 Å². The van der Waals surface area contributed by atoms with Crippen LogP contribution in [-0.4, -0.2) is 29.6 Å². The van der Waals surface area contributed by atoms with Gasteiger partial charge in [0.25, 0.3) is 5.56 Å². The van der Waals surface area contributed by atoms with Crippen molar-refractivity contribution >= 4 is 0 Å². The topological polar surface area (TPSA) is 103 Å². The molecule has 0 aliphatic carbocycles. The highest BCUT2D eigenvalue weighted by Gasteiger charge is 2.21. The van der Waals surface area contributed by atoms with Crippen LogP contribution in [0.5, 0.6) is 5.88 Å². The zero-order chi connectivity index (χ0) is 25.3. The highest BCUT2D eigenvalue weighted by Crippen LogP contribution is 2.26. The van der Waals surface area contributed by atoms with E-state index in [1.165, 1.54) is 0 Å². The third-order valence-electron chi connectivity index (χ3n) is 5.63. The van der Waals surface area contributed by atoms with Gasteiger partial charge in [-0.3, -0.25) is 14.3 Å². The Kier molecular flexibility index (Phi) is 6.49. The minimum Gasteiger partial charge on any atom is -0.471 e. The van der Waals surface area contributed by atoms with Crippen LogP contribution in [0, 0.1) is 27.7 Å². The van der Waals surface area contributed by atoms with Crippen LogP contribution in [0.15, 0.2) is 53.5 Å². The monoisotopic (exact) mass is 471 g/mol. The number of hydrogen-bond acceptors (Lipinski definition) is 7. The Morgan fingerprint density at radius 1 is 1.00 bits per heavy atom. The number of aliphatic hydroxyl groups is 1. The summed E-state index contributed by atoms with van der Waals surface area (Å²) in [5, 5.41) is 10.3. The molecule has 3 aromatic heterocycles. The van der Waals surface area contributed by atoms with Crippen LogP contribution < -0.4 is 10.3 Å². The smallest absolute Gasteiger partial charge is 0.264 e. The molecule has 0 fully saturated rings. The van der Waals surface area contributed by atoms with Gasteiger partial charge in [0.05, 0.1) is 22.6 Å². The first-order valence-electron chi connectivity index (χ1n) is 11.4. The fourth-order valence-corrected chi connectivity index (χ4v) is 3.78. The summed E-state index contributed by atoms with van der Waals surface area (Å²) in [5.74, 6) is 1.13. The van der Waals surface area contributed by atoms with E-state index in [0.717, 1.165) is 22.5 Å². The van der Waals surface area contributed by atoms with Crippen LogP contribution in [0.1, 0.15) is 48.0 Å². The first-order chi connectivity index (χ1) is 16.5. The molecule has 4 rings (SSSR count). The molecule has 3 heterocycles. The predicted octanol–water partition coefficient (Wildman–Crippen LogP) is 4.12. The van der Waals surface area contributed by atoms with E-state index >= 15 is 0 Å². The Labute approximate surface area is 204 Å². The minimum absolute atomic E-state index is 0.210. The highest BCUT2D eigenvalue weighted by atomic mass is 16.5. The van der Waals surface area contributed by atoms with Crippen molar-refractivity contribution in [1.29, 1.82) is 0 Å². The predicted molar refractivity (Wildman–Crippen MR) is 134 cm³/mol. The molecule has 1 N–H and O–H groups in total. The summed E-state index contributed by atoms with van der Waals surface area (Å²) >= 11 is 0. The van der Waals surface area contributed by atoms with E-state index in [1.54, 1.807) is 38.5 Å². The second kappa shape index (κ2) is 9.38. The van der Waals surface area contributed by atoms with Crippen LogP contribution in [-0.2, 0) is 12.2 Å². The van der Waals surface area contributed by atoms with E-state index in [1.807, 2.05) is 56.3 Å². The number of rotatable bonds is 6. The van der Waals surface area contributed by atoms with Gasteiger partial charge in [-0.1, -0.05) is 18.2 Å². The molecule has 0 radical (unpaired) electrons. The van der Waals surface area contributed by atoms with E-state index in [9.17, 15) is 9.90 Å². The summed E-state index contributed by atoms with van der Waals surface area (Å²) in [7, 11) is 0. The van der Waals surface area contributed by atoms with Crippen LogP contribution in [0.25, 0.3) is 16.9 Å². The Hall–Kier alpha value is -3.91. The number of benzene rings is 1. The van der Waals surface area contributed by atoms with Gasteiger partial charge in [0.2, 0.25) is 5.88 Å². The van der Waals surface area contributed by atoms with Crippen LogP contribution in [0.3, 0.4) is 0 Å². The number of aryl methyl sites for hydroxylation is 3. The molecular formula is C27H29N5O3. The summed E-state index contributed by atoms with van der Waals surface area (Å²) in [6.07, 6.45) is 1.70. The third kappa shape index (κ3) is 5.12. The zero-order valence-corrected chi connectivity index (χ0v) is 20.8. The molecule has 8 heteroatoms. The lowest BCUT2D eigenvalue weighted by Gasteiger charge is -2.18. The van der Waals surface area contributed by atoms with Gasteiger partial charge in [0.15, 0.2) is 5.82 Å². The number of ether oxygens (including phenoxy) is 1. The summed E-state index contributed by atoms with van der Waals surface area (Å²) in [6, 6.07) is 13.2. The average Bonchev–Trinajstić information content (AvgIpc) is 2.80. The maximum absolute atomic E-state index is 13.3. The van der Waals surface area contributed by atoms with Gasteiger partial charge < -0.3 is 9.84 Å². The molecule has 0 atom stereocenters. The highest BCUT2D eigenvalue weighted by molar-refractivity contribution is 5.65. The Morgan fingerprint density at radius 2 is 1.74 bits per heavy atom. The fourth-order valence-electron chi connectivity index (χ4n) is 3.78. The van der Waals surface area contributed by atoms with Crippen molar-refractivity contribution < 1.29 is 9.84 Å². The van der Waals surface area contributed by atoms with Crippen molar-refractivity contribution in [1.82, 2.24) is 24.5 Å². The largest absolute Gasteiger partial charge is 0.471 e. The van der Waals surface area contributed by atoms with Gasteiger partial charge >= 0.3 is 0 Å². The third-order valence-corrected chi connectivity index (χ3v) is 5.63. The van der Waals surface area contributed by atoms with E-state index in [4.69, 9.17) is 4.74 Å². The maximum Gasteiger partial charge on any atom is 0.264 e. The van der Waals surface area contributed by atoms with Crippen molar-refractivity contribution in [3.05, 3.63) is 93.2 Å². The quantitative estimate of drug-likeness (QED) is 0.451. The molecule has 0 aliphatic rings. The summed E-state index contributed by atoms with van der Waals surface area (Å²) in [6.45, 7) is 10.8. The van der Waals surface area contributed by atoms with Crippen molar-refractivity contribution in [2.45, 2.75) is 53.8 Å². The first-order valence-corrected chi connectivity index (χ1v) is 11.4. The van der Waals surface area contributed by atoms with Crippen LogP contribution in [0.4, 0.5) is 0 Å². The van der Waals surface area contributed by atoms with Crippen LogP contribution in [0.2, 0.25) is 0 Å². The molecule has 0 saturated heterocycles. The zero-order valence-electron chi connectivity index (χ0n) is 20.8. The van der Waals surface area contributed by atoms with Gasteiger partial charge in [-0.2, -0.15) is 4.98 Å². The van der Waals surface area contributed by atoms with Gasteiger partial charge in [-0.05, 0) is 71.4 Å². The lowest BCUT2D eigenvalue weighted by molar-refractivity contribution is 0.0688. The van der Waals surface area contributed by atoms with Gasteiger partial charge in [0.1, 0.15) is 18.0 Å². The molecule has 4 aromatic rings. The molecule has 0 saturated carbocycles. The molecule has 0 aliphatic heterocycles. The van der Waals surface area contributed by atoms with Gasteiger partial charge in [-0.25, -0.2) is 9.97 Å². The molecule has 180 valence electrons. The van der Waals surface area contributed by atoms with Gasteiger partial charge in [0, 0.05) is 17.5 Å². The fraction of sp³-hybridized carbons (Fsp3) is 0.296. The number of pyridine rings is 1. The van der Waals surface area contributed by atoms with Crippen LogP contribution >= 0.6 is 0 Å². The summed E-state index contributed by atoms with van der Waals surface area (Å²) in [5.41, 5.74) is 3.73. The van der Waals surface area contributed by atoms with Crippen molar-refractivity contribution in [2.24, 2.45) is 0 Å². The number of hydrogen-bond donors (Lipinski definition) is 1. The van der Waals surface area contributed by atoms with Crippen molar-refractivity contribution in [3.63, 3.8) is 0 Å². The second-order valence-electron chi connectivity index (χ2n) is 9.12. The molecule has 0 unspecified atom stereocenters. The molecule has 8 nitrogen and oxygen atoms in total. The number of aromatic nitrogens is 5. The second-order valence-corrected chi connectivity index (χ2v) is 9.12. The maximum atomic E-state index is 13.3. The number of nitrogens with zero attached hydrogens (tertiary/aromatic N) is 5. The van der Waals surface area contributed by atoms with Gasteiger partial charge in [-0.15, -0.1) is 0 Å². The van der Waals surface area contributed by atoms with E-state index < -0.39 is 5.60 Å². The average molecular weight is 472 g/mol. The summed E-state index contributed by atoms with van der Waals surface area (Å²) < 4.78 is 7.42. The molecular weight excluding hydrogens is 442 g/mol. The Balaban J connectivity index is 1.71. The molecule has 0 spiro atoms. The molecule has 0 bridgehead atoms. The molecule has 35 heavy (non-hydrogen) atoms. The summed E-state index contributed by atoms with van der Waals surface area (Å²) in [4.78, 5) is 31.2. The van der Waals surface area contributed by atoms with E-state index in [2.05, 4.69) is 19.9 Å². The van der Waals surface area contributed by atoms with Crippen molar-refractivity contribution in [2.75, 3.05) is 0 Å². The molecule has 0 amide bonds. The normalized spacial score (nSPS) is 11.5.